The van der Waals surface area contributed by atoms with Crippen molar-refractivity contribution < 1.29 is 23.8 Å². The van der Waals surface area contributed by atoms with Crippen LogP contribution in [-0.4, -0.2) is 49.2 Å². The molecule has 6 nitrogen and oxygen atoms in total. The van der Waals surface area contributed by atoms with E-state index in [2.05, 4.69) is 0 Å². The van der Waals surface area contributed by atoms with Crippen molar-refractivity contribution in [2.24, 2.45) is 0 Å². The lowest BCUT2D eigenvalue weighted by Gasteiger charge is -2.30. The van der Waals surface area contributed by atoms with Gasteiger partial charge in [0.25, 0.3) is 5.91 Å². The lowest BCUT2D eigenvalue weighted by Crippen LogP contribution is -2.46. The van der Waals surface area contributed by atoms with Crippen LogP contribution in [0.25, 0.3) is 0 Å². The van der Waals surface area contributed by atoms with Gasteiger partial charge in [0, 0.05) is 13.1 Å². The van der Waals surface area contributed by atoms with Crippen LogP contribution in [0.1, 0.15) is 22.8 Å². The highest BCUT2D eigenvalue weighted by molar-refractivity contribution is 5.91. The van der Waals surface area contributed by atoms with Gasteiger partial charge >= 0.3 is 5.97 Å². The summed E-state index contributed by atoms with van der Waals surface area (Å²) in [6.45, 7) is 3.64. The van der Waals surface area contributed by atoms with E-state index < -0.39 is 5.97 Å². The van der Waals surface area contributed by atoms with E-state index in [-0.39, 0.29) is 18.6 Å². The molecule has 1 saturated heterocycles. The van der Waals surface area contributed by atoms with Crippen LogP contribution >= 0.6 is 0 Å². The molecule has 1 heterocycles. The van der Waals surface area contributed by atoms with Crippen LogP contribution < -0.4 is 4.74 Å². The molecule has 0 N–H and O–H groups in total. The average Bonchev–Trinajstić information content (AvgIpc) is 2.71. The predicted octanol–water partition coefficient (Wildman–Crippen LogP) is 2.67. The van der Waals surface area contributed by atoms with Gasteiger partial charge in [0.15, 0.2) is 6.61 Å². The highest BCUT2D eigenvalue weighted by Gasteiger charge is 2.22. The van der Waals surface area contributed by atoms with Crippen LogP contribution in [-0.2, 0) is 20.9 Å². The van der Waals surface area contributed by atoms with E-state index in [1.54, 1.807) is 29.2 Å². The number of hydrogen-bond acceptors (Lipinski definition) is 5. The van der Waals surface area contributed by atoms with Gasteiger partial charge in [-0.3, -0.25) is 4.79 Å². The van der Waals surface area contributed by atoms with Crippen LogP contribution in [0, 0.1) is 0 Å². The molecule has 0 radical (unpaired) electrons. The first-order valence-electron chi connectivity index (χ1n) is 8.95. The van der Waals surface area contributed by atoms with E-state index in [0.29, 0.717) is 37.6 Å². The summed E-state index contributed by atoms with van der Waals surface area (Å²) in [5.41, 5.74) is 1.45. The summed E-state index contributed by atoms with van der Waals surface area (Å²) in [5, 5.41) is 0. The van der Waals surface area contributed by atoms with Gasteiger partial charge in [-0.25, -0.2) is 4.79 Å². The largest absolute Gasteiger partial charge is 0.489 e. The Morgan fingerprint density at radius 1 is 1.11 bits per heavy atom. The number of hydrogen-bond donors (Lipinski definition) is 0. The normalized spacial score (nSPS) is 16.6. The molecule has 0 aromatic heterocycles. The number of rotatable bonds is 6. The Labute approximate surface area is 158 Å². The lowest BCUT2D eigenvalue weighted by molar-refractivity contribution is -0.141. The average molecular weight is 369 g/mol. The minimum atomic E-state index is -0.528. The molecular weight excluding hydrogens is 346 g/mol. The fourth-order valence-electron chi connectivity index (χ4n) is 2.78. The van der Waals surface area contributed by atoms with E-state index in [0.717, 1.165) is 5.56 Å². The maximum absolute atomic E-state index is 12.1. The third kappa shape index (κ3) is 5.56. The Bertz CT molecular complexity index is 760. The Hall–Kier alpha value is -2.86. The summed E-state index contributed by atoms with van der Waals surface area (Å²) < 4.78 is 16.2. The number of nitrogens with zero attached hydrogens (tertiary/aromatic N) is 1. The zero-order valence-corrected chi connectivity index (χ0v) is 15.3. The molecule has 2 aromatic rings. The maximum Gasteiger partial charge on any atom is 0.338 e. The van der Waals surface area contributed by atoms with Gasteiger partial charge in [0.1, 0.15) is 12.4 Å². The smallest absolute Gasteiger partial charge is 0.338 e. The maximum atomic E-state index is 12.1. The fraction of sp³-hybridized carbons (Fsp3) is 0.333. The van der Waals surface area contributed by atoms with Crippen molar-refractivity contribution in [3.63, 3.8) is 0 Å². The molecule has 1 unspecified atom stereocenters. The van der Waals surface area contributed by atoms with Gasteiger partial charge in [-0.15, -0.1) is 0 Å². The van der Waals surface area contributed by atoms with E-state index in [1.807, 2.05) is 37.3 Å². The van der Waals surface area contributed by atoms with Gasteiger partial charge in [-0.2, -0.15) is 0 Å². The number of esters is 1. The third-order valence-corrected chi connectivity index (χ3v) is 4.26. The van der Waals surface area contributed by atoms with Crippen molar-refractivity contribution in [2.75, 3.05) is 26.3 Å². The van der Waals surface area contributed by atoms with Crippen molar-refractivity contribution >= 4 is 11.9 Å². The molecule has 1 aliphatic rings. The molecule has 0 spiro atoms. The van der Waals surface area contributed by atoms with Crippen LogP contribution in [0.3, 0.4) is 0 Å². The fourth-order valence-corrected chi connectivity index (χ4v) is 2.78. The number of morpholine rings is 1. The SMILES string of the molecule is CC1CN(C(=O)COC(=O)c2ccc(OCc3ccccc3)cc2)CCO1. The third-order valence-electron chi connectivity index (χ3n) is 4.26. The number of carbonyl (C=O) groups excluding carboxylic acids is 2. The summed E-state index contributed by atoms with van der Waals surface area (Å²) in [7, 11) is 0. The molecule has 0 aliphatic carbocycles. The summed E-state index contributed by atoms with van der Waals surface area (Å²) in [5.74, 6) is -0.0747. The Balaban J connectivity index is 1.46. The Kier molecular flexibility index (Phi) is 6.44. The highest BCUT2D eigenvalue weighted by Crippen LogP contribution is 2.15. The van der Waals surface area contributed by atoms with Crippen molar-refractivity contribution in [3.05, 3.63) is 65.7 Å². The predicted molar refractivity (Wildman–Crippen MR) is 99.5 cm³/mol. The molecule has 1 fully saturated rings. The molecule has 142 valence electrons. The Morgan fingerprint density at radius 3 is 2.56 bits per heavy atom. The van der Waals surface area contributed by atoms with Crippen molar-refractivity contribution in [1.82, 2.24) is 4.90 Å². The van der Waals surface area contributed by atoms with Gasteiger partial charge in [0.2, 0.25) is 0 Å². The molecule has 1 aliphatic heterocycles. The summed E-state index contributed by atoms with van der Waals surface area (Å²) >= 11 is 0. The number of benzene rings is 2. The molecule has 0 saturated carbocycles. The topological polar surface area (TPSA) is 65.1 Å². The second-order valence-electron chi connectivity index (χ2n) is 6.40. The quantitative estimate of drug-likeness (QED) is 0.733. The first-order chi connectivity index (χ1) is 13.1. The van der Waals surface area contributed by atoms with Crippen molar-refractivity contribution in [2.45, 2.75) is 19.6 Å². The van der Waals surface area contributed by atoms with Gasteiger partial charge < -0.3 is 19.1 Å². The van der Waals surface area contributed by atoms with E-state index in [1.165, 1.54) is 0 Å². The minimum Gasteiger partial charge on any atom is -0.489 e. The molecule has 1 amide bonds. The zero-order valence-electron chi connectivity index (χ0n) is 15.3. The molecule has 2 aromatic carbocycles. The molecule has 3 rings (SSSR count). The minimum absolute atomic E-state index is 0.00170. The standard InChI is InChI=1S/C21H23NO5/c1-16-13-22(11-12-25-16)20(23)15-27-21(24)18-7-9-19(10-8-18)26-14-17-5-3-2-4-6-17/h2-10,16H,11-15H2,1H3. The van der Waals surface area contributed by atoms with Gasteiger partial charge in [-0.1, -0.05) is 30.3 Å². The lowest BCUT2D eigenvalue weighted by atomic mass is 10.2. The molecule has 1 atom stereocenters. The molecule has 6 heteroatoms. The van der Waals surface area contributed by atoms with E-state index in [9.17, 15) is 9.59 Å². The van der Waals surface area contributed by atoms with Crippen LogP contribution in [0.4, 0.5) is 0 Å². The van der Waals surface area contributed by atoms with Crippen LogP contribution in [0.5, 0.6) is 5.75 Å². The van der Waals surface area contributed by atoms with Crippen LogP contribution in [0.15, 0.2) is 54.6 Å². The van der Waals surface area contributed by atoms with Gasteiger partial charge in [0.05, 0.1) is 18.3 Å². The van der Waals surface area contributed by atoms with Gasteiger partial charge in [-0.05, 0) is 36.8 Å². The number of amides is 1. The van der Waals surface area contributed by atoms with Crippen molar-refractivity contribution in [1.29, 1.82) is 0 Å². The summed E-state index contributed by atoms with van der Waals surface area (Å²) in [6.07, 6.45) is 0.00170. The summed E-state index contributed by atoms with van der Waals surface area (Å²) in [6, 6.07) is 16.5. The van der Waals surface area contributed by atoms with Crippen LogP contribution in [0.2, 0.25) is 0 Å². The highest BCUT2D eigenvalue weighted by atomic mass is 16.5. The van der Waals surface area contributed by atoms with E-state index >= 15 is 0 Å². The molecule has 0 bridgehead atoms. The zero-order chi connectivity index (χ0) is 19.1. The monoisotopic (exact) mass is 369 g/mol. The molecule has 27 heavy (non-hydrogen) atoms. The number of ether oxygens (including phenoxy) is 3. The number of carbonyl (C=O) groups is 2. The first-order valence-corrected chi connectivity index (χ1v) is 8.95. The first kappa shape index (κ1) is 18.9. The van der Waals surface area contributed by atoms with E-state index in [4.69, 9.17) is 14.2 Å². The Morgan fingerprint density at radius 2 is 1.85 bits per heavy atom. The summed E-state index contributed by atoms with van der Waals surface area (Å²) in [4.78, 5) is 25.9. The molecular formula is C21H23NO5. The second-order valence-corrected chi connectivity index (χ2v) is 6.40. The van der Waals surface area contributed by atoms with Crippen molar-refractivity contribution in [3.8, 4) is 5.75 Å². The second kappa shape index (κ2) is 9.19.